The van der Waals surface area contributed by atoms with Crippen LogP contribution in [0.5, 0.6) is 0 Å². The number of hydrogen-bond acceptors (Lipinski definition) is 1. The van der Waals surface area contributed by atoms with E-state index in [1.165, 1.54) is 24.0 Å². The molecular weight excluding hydrogens is 336 g/mol. The maximum absolute atomic E-state index is 10.4. The summed E-state index contributed by atoms with van der Waals surface area (Å²) >= 11 is 9.61. The topological polar surface area (TPSA) is 20.2 Å². The van der Waals surface area contributed by atoms with Gasteiger partial charge in [0.15, 0.2) is 0 Å². The standard InChI is InChI=1S/C17H16BrClO/c18-15-7-6-13(16(19)10-15)9-17(20)14-5-4-11-2-1-3-12(11)8-14/h4-8,10,17,20H,1-3,9H2. The molecule has 0 bridgehead atoms. The minimum atomic E-state index is -0.500. The van der Waals surface area contributed by atoms with Crippen molar-refractivity contribution in [1.82, 2.24) is 0 Å². The number of aliphatic hydroxyl groups excluding tert-OH is 1. The first kappa shape index (κ1) is 14.1. The summed E-state index contributed by atoms with van der Waals surface area (Å²) < 4.78 is 0.957. The third-order valence-corrected chi connectivity index (χ3v) is 4.78. The summed E-state index contributed by atoms with van der Waals surface area (Å²) in [6.07, 6.45) is 3.58. The minimum Gasteiger partial charge on any atom is -0.388 e. The van der Waals surface area contributed by atoms with E-state index in [2.05, 4.69) is 28.1 Å². The van der Waals surface area contributed by atoms with Crippen LogP contribution in [0.4, 0.5) is 0 Å². The van der Waals surface area contributed by atoms with Gasteiger partial charge in [-0.05, 0) is 53.6 Å². The highest BCUT2D eigenvalue weighted by molar-refractivity contribution is 9.10. The van der Waals surface area contributed by atoms with Crippen LogP contribution in [0.3, 0.4) is 0 Å². The zero-order valence-corrected chi connectivity index (χ0v) is 13.4. The van der Waals surface area contributed by atoms with Gasteiger partial charge in [0.05, 0.1) is 6.10 Å². The van der Waals surface area contributed by atoms with Crippen LogP contribution in [0.15, 0.2) is 40.9 Å². The Hall–Kier alpha value is -0.830. The number of hydrogen-bond donors (Lipinski definition) is 1. The Bertz CT molecular complexity index is 639. The molecule has 3 rings (SSSR count). The molecule has 3 heteroatoms. The summed E-state index contributed by atoms with van der Waals surface area (Å²) in [6, 6.07) is 12.1. The molecule has 0 saturated heterocycles. The number of rotatable bonds is 3. The lowest BCUT2D eigenvalue weighted by molar-refractivity contribution is 0.178. The van der Waals surface area contributed by atoms with E-state index in [0.29, 0.717) is 11.4 Å². The summed E-state index contributed by atoms with van der Waals surface area (Å²) in [5.41, 5.74) is 4.79. The van der Waals surface area contributed by atoms with E-state index in [1.807, 2.05) is 24.3 Å². The zero-order valence-electron chi connectivity index (χ0n) is 11.1. The number of fused-ring (bicyclic) bond motifs is 1. The SMILES string of the molecule is OC(Cc1ccc(Br)cc1Cl)c1ccc2c(c1)CCC2. The van der Waals surface area contributed by atoms with Crippen LogP contribution in [-0.2, 0) is 19.3 Å². The summed E-state index contributed by atoms with van der Waals surface area (Å²) in [4.78, 5) is 0. The Morgan fingerprint density at radius 3 is 2.70 bits per heavy atom. The second-order valence-corrected chi connectivity index (χ2v) is 6.66. The molecule has 0 fully saturated rings. The fourth-order valence-corrected chi connectivity index (χ4v) is 3.56. The largest absolute Gasteiger partial charge is 0.388 e. The van der Waals surface area contributed by atoms with Crippen LogP contribution in [0, 0.1) is 0 Å². The van der Waals surface area contributed by atoms with E-state index in [4.69, 9.17) is 11.6 Å². The summed E-state index contributed by atoms with van der Waals surface area (Å²) in [5, 5.41) is 11.1. The third kappa shape index (κ3) is 2.93. The average Bonchev–Trinajstić information content (AvgIpc) is 2.89. The monoisotopic (exact) mass is 350 g/mol. The Morgan fingerprint density at radius 2 is 1.90 bits per heavy atom. The van der Waals surface area contributed by atoms with E-state index >= 15 is 0 Å². The molecule has 0 spiro atoms. The smallest absolute Gasteiger partial charge is 0.0831 e. The van der Waals surface area contributed by atoms with Crippen molar-refractivity contribution in [2.45, 2.75) is 31.8 Å². The molecule has 0 amide bonds. The normalized spacial score (nSPS) is 15.2. The van der Waals surface area contributed by atoms with Gasteiger partial charge >= 0.3 is 0 Å². The first-order valence-electron chi connectivity index (χ1n) is 6.87. The van der Waals surface area contributed by atoms with Gasteiger partial charge in [-0.15, -0.1) is 0 Å². The van der Waals surface area contributed by atoms with E-state index in [1.54, 1.807) is 0 Å². The Kier molecular flexibility index (Phi) is 4.16. The minimum absolute atomic E-state index is 0.500. The van der Waals surface area contributed by atoms with Gasteiger partial charge in [-0.1, -0.05) is 51.8 Å². The lowest BCUT2D eigenvalue weighted by Gasteiger charge is -2.14. The number of benzene rings is 2. The predicted molar refractivity (Wildman–Crippen MR) is 86.3 cm³/mol. The van der Waals surface area contributed by atoms with Crippen molar-refractivity contribution in [1.29, 1.82) is 0 Å². The van der Waals surface area contributed by atoms with Crippen LogP contribution in [0.1, 0.15) is 34.8 Å². The molecular formula is C17H16BrClO. The lowest BCUT2D eigenvalue weighted by atomic mass is 9.98. The molecule has 104 valence electrons. The maximum Gasteiger partial charge on any atom is 0.0831 e. The number of aliphatic hydroxyl groups is 1. The second-order valence-electron chi connectivity index (χ2n) is 5.34. The van der Waals surface area contributed by atoms with Crippen molar-refractivity contribution in [3.05, 3.63) is 68.1 Å². The highest BCUT2D eigenvalue weighted by Gasteiger charge is 2.15. The van der Waals surface area contributed by atoms with Gasteiger partial charge in [0.25, 0.3) is 0 Å². The summed E-state index contributed by atoms with van der Waals surface area (Å²) in [6.45, 7) is 0. The van der Waals surface area contributed by atoms with E-state index < -0.39 is 6.10 Å². The molecule has 2 aromatic rings. The molecule has 0 radical (unpaired) electrons. The summed E-state index contributed by atoms with van der Waals surface area (Å²) in [7, 11) is 0. The van der Waals surface area contributed by atoms with Crippen molar-refractivity contribution in [3.8, 4) is 0 Å². The summed E-state index contributed by atoms with van der Waals surface area (Å²) in [5.74, 6) is 0. The molecule has 0 aromatic heterocycles. The van der Waals surface area contributed by atoms with Gasteiger partial charge in [0.1, 0.15) is 0 Å². The van der Waals surface area contributed by atoms with Gasteiger partial charge < -0.3 is 5.11 Å². The highest BCUT2D eigenvalue weighted by atomic mass is 79.9. The molecule has 0 saturated carbocycles. The van der Waals surface area contributed by atoms with E-state index in [-0.39, 0.29) is 0 Å². The second kappa shape index (κ2) is 5.88. The Balaban J connectivity index is 1.80. The third-order valence-electron chi connectivity index (χ3n) is 3.94. The first-order valence-corrected chi connectivity index (χ1v) is 8.04. The van der Waals surface area contributed by atoms with Gasteiger partial charge in [-0.3, -0.25) is 0 Å². The Morgan fingerprint density at radius 1 is 1.10 bits per heavy atom. The average molecular weight is 352 g/mol. The van der Waals surface area contributed by atoms with Crippen LogP contribution >= 0.6 is 27.5 Å². The van der Waals surface area contributed by atoms with Crippen molar-refractivity contribution in [2.24, 2.45) is 0 Å². The Labute approximate surface area is 132 Å². The maximum atomic E-state index is 10.4. The molecule has 20 heavy (non-hydrogen) atoms. The first-order chi connectivity index (χ1) is 9.63. The molecule has 1 atom stereocenters. The molecule has 0 heterocycles. The van der Waals surface area contributed by atoms with Crippen molar-refractivity contribution < 1.29 is 5.11 Å². The molecule has 1 nitrogen and oxygen atoms in total. The van der Waals surface area contributed by atoms with Crippen molar-refractivity contribution >= 4 is 27.5 Å². The van der Waals surface area contributed by atoms with Gasteiger partial charge in [-0.2, -0.15) is 0 Å². The molecule has 0 aliphatic heterocycles. The van der Waals surface area contributed by atoms with E-state index in [9.17, 15) is 5.11 Å². The van der Waals surface area contributed by atoms with Crippen LogP contribution < -0.4 is 0 Å². The quantitative estimate of drug-likeness (QED) is 0.836. The van der Waals surface area contributed by atoms with Crippen LogP contribution in [0.2, 0.25) is 5.02 Å². The van der Waals surface area contributed by atoms with E-state index in [0.717, 1.165) is 22.0 Å². The molecule has 2 aromatic carbocycles. The van der Waals surface area contributed by atoms with Gasteiger partial charge in [-0.25, -0.2) is 0 Å². The van der Waals surface area contributed by atoms with Gasteiger partial charge in [0.2, 0.25) is 0 Å². The molecule has 1 aliphatic rings. The van der Waals surface area contributed by atoms with Crippen molar-refractivity contribution in [3.63, 3.8) is 0 Å². The lowest BCUT2D eigenvalue weighted by Crippen LogP contribution is -2.03. The molecule has 1 N–H and O–H groups in total. The molecule has 1 unspecified atom stereocenters. The van der Waals surface area contributed by atoms with Crippen molar-refractivity contribution in [2.75, 3.05) is 0 Å². The number of halogens is 2. The molecule has 1 aliphatic carbocycles. The van der Waals surface area contributed by atoms with Crippen LogP contribution in [0.25, 0.3) is 0 Å². The van der Waals surface area contributed by atoms with Gasteiger partial charge in [0, 0.05) is 15.9 Å². The fraction of sp³-hybridized carbons (Fsp3) is 0.294. The zero-order chi connectivity index (χ0) is 14.1. The number of aryl methyl sites for hydroxylation is 2. The fourth-order valence-electron chi connectivity index (χ4n) is 2.81. The predicted octanol–water partition coefficient (Wildman–Crippen LogP) is 4.87. The van der Waals surface area contributed by atoms with Crippen LogP contribution in [-0.4, -0.2) is 5.11 Å². The highest BCUT2D eigenvalue weighted by Crippen LogP contribution is 2.29.